The van der Waals surface area contributed by atoms with Gasteiger partial charge in [-0.1, -0.05) is 27.7 Å². The highest BCUT2D eigenvalue weighted by Gasteiger charge is 2.32. The van der Waals surface area contributed by atoms with Crippen molar-refractivity contribution in [3.63, 3.8) is 0 Å². The molecule has 4 atom stereocenters. The van der Waals surface area contributed by atoms with Crippen molar-refractivity contribution in [1.82, 2.24) is 25.9 Å². The van der Waals surface area contributed by atoms with E-state index in [1.54, 1.807) is 13.8 Å². The first-order valence-electron chi connectivity index (χ1n) is 11.0. The fourth-order valence-electron chi connectivity index (χ4n) is 3.05. The lowest BCUT2D eigenvalue weighted by atomic mass is 10.00. The number of aliphatic carboxylic acids is 1. The largest absolute Gasteiger partial charge is 0.480 e. The van der Waals surface area contributed by atoms with E-state index in [9.17, 15) is 29.1 Å². The zero-order chi connectivity index (χ0) is 26.0. The Bertz CT molecular complexity index is 856. The number of carboxylic acids is 1. The molecule has 0 aliphatic rings. The molecular formula is C21H35N7O6. The van der Waals surface area contributed by atoms with Gasteiger partial charge in [-0.2, -0.15) is 0 Å². The maximum atomic E-state index is 13.1. The van der Waals surface area contributed by atoms with E-state index >= 15 is 0 Å². The summed E-state index contributed by atoms with van der Waals surface area (Å²) >= 11 is 0. The van der Waals surface area contributed by atoms with Crippen LogP contribution in [0, 0.1) is 11.8 Å². The van der Waals surface area contributed by atoms with E-state index in [0.717, 1.165) is 0 Å². The Balaban J connectivity index is 3.08. The monoisotopic (exact) mass is 481 g/mol. The Kier molecular flexibility index (Phi) is 11.2. The average Bonchev–Trinajstić information content (AvgIpc) is 3.23. The summed E-state index contributed by atoms with van der Waals surface area (Å²) in [7, 11) is 0. The third-order valence-corrected chi connectivity index (χ3v) is 4.99. The first-order chi connectivity index (χ1) is 15.8. The molecule has 13 heteroatoms. The second-order valence-corrected chi connectivity index (χ2v) is 8.87. The van der Waals surface area contributed by atoms with Crippen molar-refractivity contribution in [3.05, 3.63) is 18.2 Å². The molecule has 0 fully saturated rings. The minimum Gasteiger partial charge on any atom is -0.480 e. The quantitative estimate of drug-likeness (QED) is 0.163. The minimum absolute atomic E-state index is 0.0261. The number of nitrogens with zero attached hydrogens (tertiary/aromatic N) is 1. The van der Waals surface area contributed by atoms with Gasteiger partial charge < -0.3 is 37.5 Å². The van der Waals surface area contributed by atoms with Crippen molar-refractivity contribution in [2.45, 2.75) is 71.1 Å². The Morgan fingerprint density at radius 3 is 2.00 bits per heavy atom. The predicted octanol–water partition coefficient (Wildman–Crippen LogP) is -1.60. The molecule has 1 aromatic rings. The zero-order valence-corrected chi connectivity index (χ0v) is 19.8. The summed E-state index contributed by atoms with van der Waals surface area (Å²) in [5.74, 6) is -4.48. The number of nitrogens with two attached hydrogens (primary N) is 2. The molecule has 4 amide bonds. The highest BCUT2D eigenvalue weighted by molar-refractivity contribution is 5.95. The van der Waals surface area contributed by atoms with E-state index < -0.39 is 60.2 Å². The lowest BCUT2D eigenvalue weighted by Gasteiger charge is -2.26. The fraction of sp³-hybridized carbons (Fsp3) is 0.619. The fourth-order valence-corrected chi connectivity index (χ4v) is 3.05. The van der Waals surface area contributed by atoms with Gasteiger partial charge in [0.2, 0.25) is 23.6 Å². The summed E-state index contributed by atoms with van der Waals surface area (Å²) in [5.41, 5.74) is 11.4. The number of imidazole rings is 1. The summed E-state index contributed by atoms with van der Waals surface area (Å²) in [6.07, 6.45) is 2.44. The number of hydrogen-bond acceptors (Lipinski definition) is 7. The molecule has 0 aliphatic heterocycles. The van der Waals surface area contributed by atoms with Crippen molar-refractivity contribution in [2.24, 2.45) is 23.3 Å². The predicted molar refractivity (Wildman–Crippen MR) is 122 cm³/mol. The molecule has 1 rings (SSSR count). The molecule has 0 aliphatic carbocycles. The number of H-pyrrole nitrogens is 1. The Labute approximate surface area is 197 Å². The number of nitrogens with one attached hydrogen (secondary N) is 4. The van der Waals surface area contributed by atoms with Crippen molar-refractivity contribution >= 4 is 29.6 Å². The van der Waals surface area contributed by atoms with Gasteiger partial charge in [-0.25, -0.2) is 9.78 Å². The van der Waals surface area contributed by atoms with E-state index in [1.807, 2.05) is 13.8 Å². The van der Waals surface area contributed by atoms with Crippen LogP contribution in [0.5, 0.6) is 0 Å². The van der Waals surface area contributed by atoms with Gasteiger partial charge in [0.05, 0.1) is 18.8 Å². The molecule has 1 aromatic heterocycles. The van der Waals surface area contributed by atoms with E-state index in [1.165, 1.54) is 12.5 Å². The van der Waals surface area contributed by atoms with E-state index in [-0.39, 0.29) is 24.7 Å². The molecule has 0 aromatic carbocycles. The summed E-state index contributed by atoms with van der Waals surface area (Å²) in [6, 6.07) is -4.60. The van der Waals surface area contributed by atoms with Crippen molar-refractivity contribution < 1.29 is 29.1 Å². The van der Waals surface area contributed by atoms with Gasteiger partial charge in [0.15, 0.2) is 0 Å². The maximum Gasteiger partial charge on any atom is 0.326 e. The first-order valence-corrected chi connectivity index (χ1v) is 11.0. The van der Waals surface area contributed by atoms with Crippen LogP contribution in [0.2, 0.25) is 0 Å². The lowest BCUT2D eigenvalue weighted by molar-refractivity contribution is -0.143. The molecule has 13 nitrogen and oxygen atoms in total. The second kappa shape index (κ2) is 13.3. The normalized spacial score (nSPS) is 14.7. The second-order valence-electron chi connectivity index (χ2n) is 8.87. The third kappa shape index (κ3) is 9.57. The topological polar surface area (TPSA) is 222 Å². The van der Waals surface area contributed by atoms with Crippen LogP contribution in [0.1, 0.15) is 46.2 Å². The van der Waals surface area contributed by atoms with Gasteiger partial charge >= 0.3 is 5.97 Å². The van der Waals surface area contributed by atoms with Crippen LogP contribution in [-0.4, -0.2) is 68.8 Å². The SMILES string of the molecule is CC(C)CC(NC(=O)C(N)C(C)C)C(=O)NC(Cc1cnc[nH]1)C(=O)NC(CC(N)=O)C(=O)O. The summed E-state index contributed by atoms with van der Waals surface area (Å²) < 4.78 is 0. The van der Waals surface area contributed by atoms with Crippen LogP contribution in [0.25, 0.3) is 0 Å². The van der Waals surface area contributed by atoms with Gasteiger partial charge in [-0.3, -0.25) is 19.2 Å². The molecule has 1 heterocycles. The Morgan fingerprint density at radius 2 is 1.53 bits per heavy atom. The van der Waals surface area contributed by atoms with Crippen LogP contribution in [-0.2, 0) is 30.4 Å². The van der Waals surface area contributed by atoms with Gasteiger partial charge in [-0.15, -0.1) is 0 Å². The van der Waals surface area contributed by atoms with Crippen LogP contribution in [0.3, 0.4) is 0 Å². The Hall–Kier alpha value is -3.48. The number of aromatic amines is 1. The van der Waals surface area contributed by atoms with Crippen LogP contribution in [0.4, 0.5) is 0 Å². The summed E-state index contributed by atoms with van der Waals surface area (Å²) in [6.45, 7) is 7.28. The number of hydrogen-bond donors (Lipinski definition) is 7. The summed E-state index contributed by atoms with van der Waals surface area (Å²) in [4.78, 5) is 67.7. The Morgan fingerprint density at radius 1 is 0.971 bits per heavy atom. The first kappa shape index (κ1) is 28.6. The van der Waals surface area contributed by atoms with Gasteiger partial charge in [-0.05, 0) is 18.3 Å². The van der Waals surface area contributed by atoms with Gasteiger partial charge in [0.25, 0.3) is 0 Å². The molecule has 0 radical (unpaired) electrons. The highest BCUT2D eigenvalue weighted by Crippen LogP contribution is 2.09. The summed E-state index contributed by atoms with van der Waals surface area (Å²) in [5, 5.41) is 16.7. The minimum atomic E-state index is -1.57. The molecule has 9 N–H and O–H groups in total. The third-order valence-electron chi connectivity index (χ3n) is 4.99. The smallest absolute Gasteiger partial charge is 0.326 e. The number of amides is 4. The van der Waals surface area contributed by atoms with Crippen molar-refractivity contribution in [1.29, 1.82) is 0 Å². The van der Waals surface area contributed by atoms with E-state index in [2.05, 4.69) is 25.9 Å². The highest BCUT2D eigenvalue weighted by atomic mass is 16.4. The van der Waals surface area contributed by atoms with Gasteiger partial charge in [0.1, 0.15) is 18.1 Å². The molecule has 0 spiro atoms. The maximum absolute atomic E-state index is 13.1. The van der Waals surface area contributed by atoms with Crippen LogP contribution >= 0.6 is 0 Å². The number of rotatable bonds is 14. The van der Waals surface area contributed by atoms with Crippen LogP contribution < -0.4 is 27.4 Å². The molecule has 190 valence electrons. The zero-order valence-electron chi connectivity index (χ0n) is 19.8. The van der Waals surface area contributed by atoms with Crippen molar-refractivity contribution in [3.8, 4) is 0 Å². The molecule has 34 heavy (non-hydrogen) atoms. The number of primary amides is 1. The van der Waals surface area contributed by atoms with E-state index in [4.69, 9.17) is 11.5 Å². The van der Waals surface area contributed by atoms with E-state index in [0.29, 0.717) is 5.69 Å². The molecule has 0 saturated heterocycles. The molecule has 0 saturated carbocycles. The van der Waals surface area contributed by atoms with Crippen molar-refractivity contribution in [2.75, 3.05) is 0 Å². The van der Waals surface area contributed by atoms with Crippen LogP contribution in [0.15, 0.2) is 12.5 Å². The molecule has 0 bridgehead atoms. The molecule has 4 unspecified atom stereocenters. The lowest BCUT2D eigenvalue weighted by Crippen LogP contribution is -2.58. The standard InChI is InChI=1S/C21H35N7O6/c1-10(2)5-13(27-20(32)17(23)11(3)4)18(30)26-14(6-12-8-24-9-25-12)19(31)28-15(21(33)34)7-16(22)29/h8-11,13-15,17H,5-7,23H2,1-4H3,(H2,22,29)(H,24,25)(H,26,30)(H,27,32)(H,28,31)(H,33,34). The number of carboxylic acid groups (broad SMARTS) is 1. The average molecular weight is 482 g/mol. The van der Waals surface area contributed by atoms with Gasteiger partial charge in [0, 0.05) is 18.3 Å². The number of carbonyl (C=O) groups excluding carboxylic acids is 4. The number of aromatic nitrogens is 2. The number of carbonyl (C=O) groups is 5. The molecular weight excluding hydrogens is 446 g/mol.